The van der Waals surface area contributed by atoms with Crippen LogP contribution in [0, 0.1) is 0 Å². The molecule has 4 heteroatoms. The maximum atomic E-state index is 13.6. The molecule has 1 aliphatic rings. The molecule has 84 valence electrons. The highest BCUT2D eigenvalue weighted by Gasteiger charge is 2.33. The minimum atomic E-state index is -2.73. The molecular formula is C11H15F2NS. The van der Waals surface area contributed by atoms with Crippen LogP contribution in [-0.4, -0.2) is 6.54 Å². The molecule has 1 aromatic rings. The van der Waals surface area contributed by atoms with Crippen LogP contribution in [0.15, 0.2) is 6.07 Å². The summed E-state index contributed by atoms with van der Waals surface area (Å²) in [5, 5.41) is 0. The van der Waals surface area contributed by atoms with Crippen molar-refractivity contribution in [2.75, 3.05) is 6.54 Å². The van der Waals surface area contributed by atoms with E-state index in [0.717, 1.165) is 36.1 Å². The van der Waals surface area contributed by atoms with E-state index >= 15 is 0 Å². The number of rotatable bonds is 3. The van der Waals surface area contributed by atoms with Crippen molar-refractivity contribution >= 4 is 11.3 Å². The summed E-state index contributed by atoms with van der Waals surface area (Å²) in [4.78, 5) is 1.37. The van der Waals surface area contributed by atoms with Gasteiger partial charge in [-0.25, -0.2) is 8.78 Å². The average Bonchev–Trinajstić information content (AvgIpc) is 2.61. The summed E-state index contributed by atoms with van der Waals surface area (Å²) in [6.07, 6.45) is 3.96. The minimum Gasteiger partial charge on any atom is -0.330 e. The second kappa shape index (κ2) is 4.18. The van der Waals surface area contributed by atoms with Gasteiger partial charge in [-0.2, -0.15) is 0 Å². The van der Waals surface area contributed by atoms with E-state index in [9.17, 15) is 8.78 Å². The second-order valence-electron chi connectivity index (χ2n) is 4.01. The molecule has 0 bridgehead atoms. The van der Waals surface area contributed by atoms with Crippen molar-refractivity contribution in [3.05, 3.63) is 21.4 Å². The van der Waals surface area contributed by atoms with Crippen molar-refractivity contribution in [3.63, 3.8) is 0 Å². The first-order chi connectivity index (χ1) is 7.13. The smallest absolute Gasteiger partial charge is 0.283 e. The lowest BCUT2D eigenvalue weighted by atomic mass is 9.99. The van der Waals surface area contributed by atoms with Crippen LogP contribution in [0.1, 0.15) is 34.6 Å². The van der Waals surface area contributed by atoms with E-state index in [-0.39, 0.29) is 17.8 Å². The lowest BCUT2D eigenvalue weighted by Crippen LogP contribution is -2.17. The average molecular weight is 231 g/mol. The first-order valence-electron chi connectivity index (χ1n) is 5.33. The molecular weight excluding hydrogens is 216 g/mol. The zero-order valence-corrected chi connectivity index (χ0v) is 9.38. The lowest BCUT2D eigenvalue weighted by Gasteiger charge is -2.12. The van der Waals surface area contributed by atoms with E-state index in [1.807, 2.05) is 0 Å². The Hall–Kier alpha value is -0.480. The molecule has 1 aromatic heterocycles. The summed E-state index contributed by atoms with van der Waals surface area (Å²) in [6, 6.07) is 1.69. The predicted molar refractivity (Wildman–Crippen MR) is 58.5 cm³/mol. The van der Waals surface area contributed by atoms with Crippen LogP contribution in [0.5, 0.6) is 0 Å². The number of aryl methyl sites for hydroxylation is 2. The fourth-order valence-electron chi connectivity index (χ4n) is 1.98. The maximum absolute atomic E-state index is 13.6. The summed E-state index contributed by atoms with van der Waals surface area (Å²) < 4.78 is 27.1. The molecule has 1 nitrogen and oxygen atoms in total. The van der Waals surface area contributed by atoms with Crippen LogP contribution in [0.3, 0.4) is 0 Å². The van der Waals surface area contributed by atoms with Crippen LogP contribution < -0.4 is 5.73 Å². The third-order valence-corrected chi connectivity index (χ3v) is 4.16. The SMILES string of the molecule is NCCC(F)(F)c1cc2c(s1)CCCC2. The molecule has 0 radical (unpaired) electrons. The van der Waals surface area contributed by atoms with Crippen molar-refractivity contribution in [1.29, 1.82) is 0 Å². The summed E-state index contributed by atoms with van der Waals surface area (Å²) in [5.41, 5.74) is 6.34. The van der Waals surface area contributed by atoms with Gasteiger partial charge < -0.3 is 5.73 Å². The lowest BCUT2D eigenvalue weighted by molar-refractivity contribution is -0.00686. The molecule has 0 atom stereocenters. The van der Waals surface area contributed by atoms with Gasteiger partial charge in [0.2, 0.25) is 0 Å². The number of hydrogen-bond acceptors (Lipinski definition) is 2. The van der Waals surface area contributed by atoms with E-state index < -0.39 is 5.92 Å². The fourth-order valence-corrected chi connectivity index (χ4v) is 3.23. The first-order valence-corrected chi connectivity index (χ1v) is 6.15. The number of thiophene rings is 1. The largest absolute Gasteiger partial charge is 0.330 e. The third kappa shape index (κ3) is 2.21. The minimum absolute atomic E-state index is 0.0373. The van der Waals surface area contributed by atoms with Gasteiger partial charge in [0.25, 0.3) is 5.92 Å². The van der Waals surface area contributed by atoms with Gasteiger partial charge in [-0.15, -0.1) is 11.3 Å². The Kier molecular flexibility index (Phi) is 3.07. The highest BCUT2D eigenvalue weighted by atomic mass is 32.1. The zero-order valence-electron chi connectivity index (χ0n) is 8.56. The molecule has 0 unspecified atom stereocenters. The Balaban J connectivity index is 2.25. The second-order valence-corrected chi connectivity index (χ2v) is 5.15. The Morgan fingerprint density at radius 3 is 2.73 bits per heavy atom. The van der Waals surface area contributed by atoms with Crippen molar-refractivity contribution in [1.82, 2.24) is 0 Å². The highest BCUT2D eigenvalue weighted by Crippen LogP contribution is 2.40. The Labute approximate surface area is 92.3 Å². The summed E-state index contributed by atoms with van der Waals surface area (Å²) in [5.74, 6) is -2.73. The van der Waals surface area contributed by atoms with Crippen molar-refractivity contribution < 1.29 is 8.78 Å². The molecule has 0 fully saturated rings. The number of hydrogen-bond donors (Lipinski definition) is 1. The molecule has 1 aliphatic carbocycles. The molecule has 0 saturated heterocycles. The molecule has 2 N–H and O–H groups in total. The van der Waals surface area contributed by atoms with Crippen molar-refractivity contribution in [2.45, 2.75) is 38.0 Å². The number of fused-ring (bicyclic) bond motifs is 1. The van der Waals surface area contributed by atoms with Gasteiger partial charge in [-0.3, -0.25) is 0 Å². The van der Waals surface area contributed by atoms with E-state index in [1.165, 1.54) is 11.3 Å². The van der Waals surface area contributed by atoms with Crippen LogP contribution in [0.2, 0.25) is 0 Å². The Morgan fingerprint density at radius 1 is 1.33 bits per heavy atom. The Morgan fingerprint density at radius 2 is 2.07 bits per heavy atom. The molecule has 0 aromatic carbocycles. The van der Waals surface area contributed by atoms with E-state index in [2.05, 4.69) is 0 Å². The van der Waals surface area contributed by atoms with E-state index in [0.29, 0.717) is 0 Å². The molecule has 1 heterocycles. The summed E-state index contributed by atoms with van der Waals surface area (Å²) in [6.45, 7) is 0.0373. The monoisotopic (exact) mass is 231 g/mol. The molecule has 2 rings (SSSR count). The van der Waals surface area contributed by atoms with Gasteiger partial charge in [0.1, 0.15) is 0 Å². The van der Waals surface area contributed by atoms with Gasteiger partial charge in [0.05, 0.1) is 4.88 Å². The summed E-state index contributed by atoms with van der Waals surface area (Å²) in [7, 11) is 0. The van der Waals surface area contributed by atoms with E-state index in [4.69, 9.17) is 5.73 Å². The topological polar surface area (TPSA) is 26.0 Å². The molecule has 0 amide bonds. The first kappa shape index (κ1) is 11.0. The van der Waals surface area contributed by atoms with Gasteiger partial charge >= 0.3 is 0 Å². The van der Waals surface area contributed by atoms with Crippen LogP contribution in [0.25, 0.3) is 0 Å². The van der Waals surface area contributed by atoms with E-state index in [1.54, 1.807) is 6.07 Å². The molecule has 0 spiro atoms. The number of nitrogens with two attached hydrogens (primary N) is 1. The van der Waals surface area contributed by atoms with Gasteiger partial charge in [-0.05, 0) is 43.9 Å². The fraction of sp³-hybridized carbons (Fsp3) is 0.636. The van der Waals surface area contributed by atoms with Crippen LogP contribution in [0.4, 0.5) is 8.78 Å². The normalized spacial score (nSPS) is 16.5. The molecule has 0 aliphatic heterocycles. The zero-order chi connectivity index (χ0) is 10.9. The molecule has 0 saturated carbocycles. The van der Waals surface area contributed by atoms with Crippen molar-refractivity contribution in [2.24, 2.45) is 5.73 Å². The summed E-state index contributed by atoms with van der Waals surface area (Å²) >= 11 is 1.28. The maximum Gasteiger partial charge on any atom is 0.283 e. The van der Waals surface area contributed by atoms with Gasteiger partial charge in [0, 0.05) is 11.3 Å². The molecule has 15 heavy (non-hydrogen) atoms. The Bertz CT molecular complexity index is 323. The third-order valence-electron chi connectivity index (χ3n) is 2.82. The predicted octanol–water partition coefficient (Wildman–Crippen LogP) is 3.07. The number of halogens is 2. The standard InChI is InChI=1S/C11H15F2NS/c12-11(13,5-6-14)10-7-8-3-1-2-4-9(8)15-10/h7H,1-6,14H2. The van der Waals surface area contributed by atoms with Crippen LogP contribution >= 0.6 is 11.3 Å². The van der Waals surface area contributed by atoms with Gasteiger partial charge in [-0.1, -0.05) is 0 Å². The van der Waals surface area contributed by atoms with Gasteiger partial charge in [0.15, 0.2) is 0 Å². The number of alkyl halides is 2. The van der Waals surface area contributed by atoms with Crippen molar-refractivity contribution in [3.8, 4) is 0 Å². The van der Waals surface area contributed by atoms with Crippen LogP contribution in [-0.2, 0) is 18.8 Å². The highest BCUT2D eigenvalue weighted by molar-refractivity contribution is 7.12. The quantitative estimate of drug-likeness (QED) is 0.850.